The van der Waals surface area contributed by atoms with Crippen molar-refractivity contribution in [3.05, 3.63) is 48.8 Å². The maximum absolute atomic E-state index is 11.5. The lowest BCUT2D eigenvalue weighted by molar-refractivity contribution is -0.119. The Balaban J connectivity index is 0.000000522. The summed E-state index contributed by atoms with van der Waals surface area (Å²) in [4.78, 5) is 42.2. The van der Waals surface area contributed by atoms with Crippen LogP contribution in [-0.4, -0.2) is 112 Å². The van der Waals surface area contributed by atoms with E-state index in [0.717, 1.165) is 54.0 Å². The van der Waals surface area contributed by atoms with E-state index >= 15 is 0 Å². The number of ketones is 1. The van der Waals surface area contributed by atoms with E-state index in [1.54, 1.807) is 21.6 Å². The summed E-state index contributed by atoms with van der Waals surface area (Å²) in [6.07, 6.45) is 8.69. The Morgan fingerprint density at radius 3 is 1.65 bits per heavy atom. The number of hydrogen-bond donors (Lipinski definition) is 3. The minimum absolute atomic E-state index is 0.0513. The first-order valence-corrected chi connectivity index (χ1v) is 22.2. The molecule has 2 amide bonds. The molecule has 2 aromatic rings. The van der Waals surface area contributed by atoms with Crippen LogP contribution in [0.5, 0.6) is 0 Å². The van der Waals surface area contributed by atoms with Gasteiger partial charge in [0, 0.05) is 70.7 Å². The highest BCUT2D eigenvalue weighted by molar-refractivity contribution is 8.77. The highest BCUT2D eigenvalue weighted by Gasteiger charge is 2.15. The maximum atomic E-state index is 11.5. The molecule has 17 heteroatoms. The van der Waals surface area contributed by atoms with Crippen molar-refractivity contribution in [3.8, 4) is 0 Å². The molecule has 0 spiro atoms. The Bertz CT molecular complexity index is 1060. The molecule has 0 aliphatic rings. The zero-order valence-corrected chi connectivity index (χ0v) is 33.8. The van der Waals surface area contributed by atoms with Crippen LogP contribution in [0.1, 0.15) is 51.4 Å². The van der Waals surface area contributed by atoms with E-state index in [1.165, 1.54) is 26.9 Å². The molecule has 0 unspecified atom stereocenters. The molecule has 2 aromatic heterocycles. The molecule has 51 heavy (non-hydrogen) atoms. The number of pyridine rings is 2. The summed E-state index contributed by atoms with van der Waals surface area (Å²) >= 11 is 4.06. The summed E-state index contributed by atoms with van der Waals surface area (Å²) in [7, 11) is 10.1. The Morgan fingerprint density at radius 2 is 1.20 bits per heavy atom. The van der Waals surface area contributed by atoms with Crippen LogP contribution in [0.15, 0.2) is 58.8 Å². The van der Waals surface area contributed by atoms with Crippen LogP contribution in [0, 0.1) is 0 Å². The number of nitrogens with zero attached hydrogens (tertiary/aromatic N) is 2. The molecule has 0 radical (unpaired) electrons. The molecule has 0 bridgehead atoms. The lowest BCUT2D eigenvalue weighted by Crippen LogP contribution is -2.33. The number of thiol groups is 1. The van der Waals surface area contributed by atoms with Gasteiger partial charge in [-0.15, -0.1) is 0 Å². The van der Waals surface area contributed by atoms with E-state index in [0.29, 0.717) is 44.8 Å². The topological polar surface area (TPSA) is 147 Å². The van der Waals surface area contributed by atoms with Gasteiger partial charge in [0.15, 0.2) is 0 Å². The van der Waals surface area contributed by atoms with Gasteiger partial charge in [-0.2, -0.15) is 12.6 Å². The van der Waals surface area contributed by atoms with Crippen LogP contribution in [0.2, 0.25) is 0 Å². The Morgan fingerprint density at radius 1 is 0.686 bits per heavy atom. The summed E-state index contributed by atoms with van der Waals surface area (Å²) in [5.74, 6) is 3.11. The smallest absolute Gasteiger partial charge is 0.406 e. The predicted molar refractivity (Wildman–Crippen MR) is 213 cm³/mol. The molecule has 12 nitrogen and oxygen atoms in total. The number of carbonyl (C=O) groups excluding carboxylic acids is 3. The number of unbranched alkanes of at least 4 members (excludes halogenated alkanes) is 2. The molecule has 0 atom stereocenters. The van der Waals surface area contributed by atoms with E-state index in [-0.39, 0.29) is 19.0 Å². The molecule has 2 heterocycles. The van der Waals surface area contributed by atoms with Crippen LogP contribution in [0.4, 0.5) is 9.59 Å². The number of nitrogens with one attached hydrogen (secondary N) is 2. The zero-order chi connectivity index (χ0) is 37.0. The van der Waals surface area contributed by atoms with E-state index in [1.807, 2.05) is 70.4 Å². The summed E-state index contributed by atoms with van der Waals surface area (Å²) in [5.41, 5.74) is 0. The molecule has 2 N–H and O–H groups in total. The number of Topliss-reactive ketones (excluding diaryl/α,β-unsaturated/α-hetero) is 1. The summed E-state index contributed by atoms with van der Waals surface area (Å²) < 4.78 is 26.5. The summed E-state index contributed by atoms with van der Waals surface area (Å²) in [5, 5.41) is 6.77. The number of alkyl carbamates (subject to hydrolysis) is 2. The molecule has 0 fully saturated rings. The number of aromatic nitrogens is 2. The van der Waals surface area contributed by atoms with Crippen LogP contribution in [0.25, 0.3) is 0 Å². The fourth-order valence-corrected chi connectivity index (χ4v) is 7.80. The van der Waals surface area contributed by atoms with Gasteiger partial charge in [0.1, 0.15) is 35.2 Å². The highest BCUT2D eigenvalue weighted by Crippen LogP contribution is 2.30. The molecular weight excluding hydrogens is 753 g/mol. The largest absolute Gasteiger partial charge is 0.447 e. The molecule has 2 rings (SSSR count). The minimum atomic E-state index is -0.597. The van der Waals surface area contributed by atoms with E-state index in [2.05, 4.69) is 33.2 Å². The van der Waals surface area contributed by atoms with Gasteiger partial charge in [-0.25, -0.2) is 19.6 Å². The third-order valence-corrected chi connectivity index (χ3v) is 11.3. The first-order chi connectivity index (χ1) is 25.0. The lowest BCUT2D eigenvalue weighted by atomic mass is 10.1. The number of rotatable bonds is 29. The van der Waals surface area contributed by atoms with Gasteiger partial charge in [-0.1, -0.05) is 33.7 Å². The van der Waals surface area contributed by atoms with E-state index < -0.39 is 18.3 Å². The SMILES string of the molecule is CNC(=O)OCC(COC(=O)NC)OCCCC(=O)CCCS.c1ccc(SSCCCCOCCOCCCCSSc2ccccn2)nc1. The quantitative estimate of drug-likeness (QED) is 0.0426. The van der Waals surface area contributed by atoms with Crippen LogP contribution >= 0.6 is 55.8 Å². The fourth-order valence-electron chi connectivity index (χ4n) is 3.60. The minimum Gasteiger partial charge on any atom is -0.447 e. The van der Waals surface area contributed by atoms with Crippen molar-refractivity contribution in [3.63, 3.8) is 0 Å². The van der Waals surface area contributed by atoms with Crippen molar-refractivity contribution in [2.75, 3.05) is 77.6 Å². The predicted octanol–water partition coefficient (Wildman–Crippen LogP) is 7.39. The van der Waals surface area contributed by atoms with Gasteiger partial charge in [0.05, 0.1) is 13.2 Å². The molecule has 0 saturated heterocycles. The Labute approximate surface area is 324 Å². The van der Waals surface area contributed by atoms with Crippen molar-refractivity contribution in [1.82, 2.24) is 20.6 Å². The van der Waals surface area contributed by atoms with Crippen molar-refractivity contribution < 1.29 is 38.1 Å². The van der Waals surface area contributed by atoms with Crippen molar-refractivity contribution in [2.45, 2.75) is 67.5 Å². The Hall–Kier alpha value is -1.86. The molecular formula is C34H54N4O8S5. The van der Waals surface area contributed by atoms with Gasteiger partial charge in [-0.3, -0.25) is 4.79 Å². The van der Waals surface area contributed by atoms with Crippen LogP contribution in [0.3, 0.4) is 0 Å². The van der Waals surface area contributed by atoms with Gasteiger partial charge < -0.3 is 34.3 Å². The monoisotopic (exact) mass is 806 g/mol. The third-order valence-electron chi connectivity index (χ3n) is 6.24. The van der Waals surface area contributed by atoms with E-state index in [4.69, 9.17) is 23.7 Å². The van der Waals surface area contributed by atoms with Gasteiger partial charge in [-0.05, 0) is 90.1 Å². The number of amides is 2. The molecule has 288 valence electrons. The maximum Gasteiger partial charge on any atom is 0.406 e. The van der Waals surface area contributed by atoms with Crippen LogP contribution in [-0.2, 0) is 28.5 Å². The van der Waals surface area contributed by atoms with Gasteiger partial charge in [0.2, 0.25) is 0 Å². The zero-order valence-electron chi connectivity index (χ0n) is 29.7. The fraction of sp³-hybridized carbons (Fsp3) is 0.618. The standard InChI is InChI=1S/C20H28N2O2S4.C14H26N2O6S/c1-3-11-21-19(9-1)27-25-17-7-5-13-23-15-16-24-14-6-8-18-26-28-20-10-2-4-12-22-20;1-15-13(18)21-9-12(10-22-14(19)16-2)20-7-3-5-11(17)6-4-8-23/h1-4,9-12H,5-8,13-18H2;12,23H,3-10H2,1-2H3,(H,15,18)(H,16,19). The number of carbonyl (C=O) groups is 3. The van der Waals surface area contributed by atoms with E-state index in [9.17, 15) is 14.4 Å². The molecule has 0 aliphatic heterocycles. The molecule has 0 aliphatic carbocycles. The van der Waals surface area contributed by atoms with Gasteiger partial charge in [0.25, 0.3) is 0 Å². The first kappa shape index (κ1) is 47.2. The summed E-state index contributed by atoms with van der Waals surface area (Å²) in [6.45, 7) is 3.24. The Kier molecular flexibility index (Phi) is 32.5. The summed E-state index contributed by atoms with van der Waals surface area (Å²) in [6, 6.07) is 12.0. The third kappa shape index (κ3) is 30.3. The highest BCUT2D eigenvalue weighted by atomic mass is 33.1. The normalized spacial score (nSPS) is 10.7. The average molecular weight is 807 g/mol. The first-order valence-electron chi connectivity index (χ1n) is 17.0. The average Bonchev–Trinajstić information content (AvgIpc) is 3.16. The van der Waals surface area contributed by atoms with Crippen LogP contribution < -0.4 is 10.6 Å². The molecule has 0 aromatic carbocycles. The van der Waals surface area contributed by atoms with Crippen molar-refractivity contribution in [2.24, 2.45) is 0 Å². The second-order valence-electron chi connectivity index (χ2n) is 10.4. The molecule has 0 saturated carbocycles. The van der Waals surface area contributed by atoms with Gasteiger partial charge >= 0.3 is 12.2 Å². The van der Waals surface area contributed by atoms with Crippen molar-refractivity contribution in [1.29, 1.82) is 0 Å². The van der Waals surface area contributed by atoms with Crippen molar-refractivity contribution >= 4 is 73.8 Å². The second kappa shape index (κ2) is 35.2. The number of ether oxygens (including phenoxy) is 5. The second-order valence-corrected chi connectivity index (χ2v) is 15.8. The number of hydrogen-bond acceptors (Lipinski definition) is 15. The lowest BCUT2D eigenvalue weighted by Gasteiger charge is -2.17.